The summed E-state index contributed by atoms with van der Waals surface area (Å²) in [6, 6.07) is 7.24. The minimum Gasteiger partial charge on any atom is -0.314 e. The van der Waals surface area contributed by atoms with E-state index in [1.165, 1.54) is 11.8 Å². The highest BCUT2D eigenvalue weighted by Gasteiger charge is 2.06. The monoisotopic (exact) mass is 255 g/mol. The van der Waals surface area contributed by atoms with E-state index in [2.05, 4.69) is 25.4 Å². The standard InChI is InChI=1S/C14H22FNS/c1-11(10-17-3)9-16-12(2)7-13-5-4-6-14(15)8-13/h4-6,8,11-12,16H,7,9-10H2,1-3H3. The Balaban J connectivity index is 2.32. The first kappa shape index (κ1) is 14.5. The van der Waals surface area contributed by atoms with Crippen LogP contribution >= 0.6 is 11.8 Å². The first-order valence-electron chi connectivity index (χ1n) is 6.08. The van der Waals surface area contributed by atoms with E-state index >= 15 is 0 Å². The normalized spacial score (nSPS) is 14.6. The molecule has 1 N–H and O–H groups in total. The van der Waals surface area contributed by atoms with Crippen molar-refractivity contribution in [1.29, 1.82) is 0 Å². The van der Waals surface area contributed by atoms with Gasteiger partial charge in [0.25, 0.3) is 0 Å². The van der Waals surface area contributed by atoms with Crippen molar-refractivity contribution in [3.8, 4) is 0 Å². The minimum absolute atomic E-state index is 0.148. The molecule has 0 saturated carbocycles. The van der Waals surface area contributed by atoms with Gasteiger partial charge in [-0.05, 0) is 55.5 Å². The molecule has 1 rings (SSSR count). The molecule has 0 bridgehead atoms. The molecular formula is C14H22FNS. The van der Waals surface area contributed by atoms with Crippen LogP contribution in [0, 0.1) is 11.7 Å². The molecule has 1 aromatic carbocycles. The SMILES string of the molecule is CSCC(C)CNC(C)Cc1cccc(F)c1. The van der Waals surface area contributed by atoms with Crippen molar-refractivity contribution in [2.45, 2.75) is 26.3 Å². The van der Waals surface area contributed by atoms with Gasteiger partial charge < -0.3 is 5.32 Å². The van der Waals surface area contributed by atoms with E-state index in [0.29, 0.717) is 12.0 Å². The fourth-order valence-corrected chi connectivity index (χ4v) is 2.52. The van der Waals surface area contributed by atoms with Gasteiger partial charge in [0.2, 0.25) is 0 Å². The predicted octanol–water partition coefficient (Wildman–Crippen LogP) is 3.35. The van der Waals surface area contributed by atoms with Gasteiger partial charge in [-0.15, -0.1) is 0 Å². The third-order valence-corrected chi connectivity index (χ3v) is 3.60. The van der Waals surface area contributed by atoms with Gasteiger partial charge in [0.1, 0.15) is 5.82 Å². The second-order valence-electron chi connectivity index (χ2n) is 4.70. The molecule has 2 unspecified atom stereocenters. The lowest BCUT2D eigenvalue weighted by atomic mass is 10.1. The fraction of sp³-hybridized carbons (Fsp3) is 0.571. The highest BCUT2D eigenvalue weighted by molar-refractivity contribution is 7.98. The molecule has 0 radical (unpaired) electrons. The molecule has 1 aromatic rings. The maximum Gasteiger partial charge on any atom is 0.123 e. The van der Waals surface area contributed by atoms with Crippen molar-refractivity contribution in [2.75, 3.05) is 18.6 Å². The lowest BCUT2D eigenvalue weighted by Gasteiger charge is -2.17. The summed E-state index contributed by atoms with van der Waals surface area (Å²) in [7, 11) is 0. The van der Waals surface area contributed by atoms with Crippen molar-refractivity contribution in [1.82, 2.24) is 5.32 Å². The summed E-state index contributed by atoms with van der Waals surface area (Å²) in [6.45, 7) is 5.42. The fourth-order valence-electron chi connectivity index (χ4n) is 1.84. The number of benzene rings is 1. The summed E-state index contributed by atoms with van der Waals surface area (Å²) in [6.07, 6.45) is 3.01. The first-order chi connectivity index (χ1) is 8.11. The molecular weight excluding hydrogens is 233 g/mol. The van der Waals surface area contributed by atoms with Crippen molar-refractivity contribution in [3.63, 3.8) is 0 Å². The molecule has 17 heavy (non-hydrogen) atoms. The smallest absolute Gasteiger partial charge is 0.123 e. The first-order valence-corrected chi connectivity index (χ1v) is 7.48. The van der Waals surface area contributed by atoms with Crippen LogP contribution in [0.4, 0.5) is 4.39 Å². The molecule has 0 saturated heterocycles. The van der Waals surface area contributed by atoms with E-state index < -0.39 is 0 Å². The van der Waals surface area contributed by atoms with E-state index in [1.807, 2.05) is 17.8 Å². The van der Waals surface area contributed by atoms with Gasteiger partial charge in [0.05, 0.1) is 0 Å². The van der Waals surface area contributed by atoms with Crippen LogP contribution in [0.15, 0.2) is 24.3 Å². The lowest BCUT2D eigenvalue weighted by molar-refractivity contribution is 0.485. The Hall–Kier alpha value is -0.540. The maximum absolute atomic E-state index is 13.0. The predicted molar refractivity (Wildman–Crippen MR) is 75.1 cm³/mol. The summed E-state index contributed by atoms with van der Waals surface area (Å²) in [5, 5.41) is 3.50. The molecule has 0 amide bonds. The van der Waals surface area contributed by atoms with Crippen LogP contribution in [-0.4, -0.2) is 24.6 Å². The van der Waals surface area contributed by atoms with Gasteiger partial charge in [-0.1, -0.05) is 19.1 Å². The second-order valence-corrected chi connectivity index (χ2v) is 5.61. The molecule has 0 aromatic heterocycles. The Morgan fingerprint density at radius 2 is 2.12 bits per heavy atom. The zero-order valence-electron chi connectivity index (χ0n) is 10.9. The largest absolute Gasteiger partial charge is 0.314 e. The van der Waals surface area contributed by atoms with Gasteiger partial charge in [-0.3, -0.25) is 0 Å². The minimum atomic E-state index is -0.148. The van der Waals surface area contributed by atoms with Crippen LogP contribution in [0.5, 0.6) is 0 Å². The second kappa shape index (κ2) is 7.72. The summed E-state index contributed by atoms with van der Waals surface area (Å²) < 4.78 is 13.0. The van der Waals surface area contributed by atoms with Crippen LogP contribution in [0.1, 0.15) is 19.4 Å². The summed E-state index contributed by atoms with van der Waals surface area (Å²) in [4.78, 5) is 0. The summed E-state index contributed by atoms with van der Waals surface area (Å²) >= 11 is 1.88. The number of rotatable bonds is 7. The molecule has 0 aliphatic heterocycles. The van der Waals surface area contributed by atoms with E-state index in [0.717, 1.165) is 18.5 Å². The van der Waals surface area contributed by atoms with Crippen LogP contribution < -0.4 is 5.32 Å². The van der Waals surface area contributed by atoms with E-state index in [9.17, 15) is 4.39 Å². The molecule has 0 heterocycles. The van der Waals surface area contributed by atoms with Gasteiger partial charge in [0.15, 0.2) is 0 Å². The number of halogens is 1. The zero-order valence-corrected chi connectivity index (χ0v) is 11.7. The average molecular weight is 255 g/mol. The van der Waals surface area contributed by atoms with E-state index in [4.69, 9.17) is 0 Å². The van der Waals surface area contributed by atoms with Gasteiger partial charge in [-0.2, -0.15) is 11.8 Å². The van der Waals surface area contributed by atoms with Gasteiger partial charge in [-0.25, -0.2) is 4.39 Å². The Morgan fingerprint density at radius 1 is 1.35 bits per heavy atom. The third-order valence-electron chi connectivity index (χ3n) is 2.70. The van der Waals surface area contributed by atoms with Crippen LogP contribution in [0.3, 0.4) is 0 Å². The topological polar surface area (TPSA) is 12.0 Å². The van der Waals surface area contributed by atoms with Gasteiger partial charge >= 0.3 is 0 Å². The summed E-state index contributed by atoms with van der Waals surface area (Å²) in [5.41, 5.74) is 1.06. The number of hydrogen-bond acceptors (Lipinski definition) is 2. The Kier molecular flexibility index (Phi) is 6.60. The Labute approximate surface area is 108 Å². The molecule has 2 atom stereocenters. The molecule has 0 aliphatic carbocycles. The van der Waals surface area contributed by atoms with Crippen molar-refractivity contribution in [3.05, 3.63) is 35.6 Å². The molecule has 0 fully saturated rings. The highest BCUT2D eigenvalue weighted by atomic mass is 32.2. The maximum atomic E-state index is 13.0. The number of nitrogens with one attached hydrogen (secondary N) is 1. The van der Waals surface area contributed by atoms with Crippen LogP contribution in [-0.2, 0) is 6.42 Å². The highest BCUT2D eigenvalue weighted by Crippen LogP contribution is 2.07. The lowest BCUT2D eigenvalue weighted by Crippen LogP contribution is -2.32. The van der Waals surface area contributed by atoms with E-state index in [-0.39, 0.29) is 5.82 Å². The molecule has 96 valence electrons. The Bertz CT molecular complexity index is 330. The Morgan fingerprint density at radius 3 is 2.76 bits per heavy atom. The summed E-state index contributed by atoms with van der Waals surface area (Å²) in [5.74, 6) is 1.71. The van der Waals surface area contributed by atoms with Crippen molar-refractivity contribution in [2.24, 2.45) is 5.92 Å². The molecule has 1 nitrogen and oxygen atoms in total. The third kappa shape index (κ3) is 6.08. The van der Waals surface area contributed by atoms with Crippen LogP contribution in [0.25, 0.3) is 0 Å². The molecule has 0 aliphatic rings. The van der Waals surface area contributed by atoms with Gasteiger partial charge in [0, 0.05) is 6.04 Å². The molecule has 3 heteroatoms. The van der Waals surface area contributed by atoms with Crippen LogP contribution in [0.2, 0.25) is 0 Å². The van der Waals surface area contributed by atoms with E-state index in [1.54, 1.807) is 12.1 Å². The van der Waals surface area contributed by atoms with Crippen molar-refractivity contribution < 1.29 is 4.39 Å². The zero-order chi connectivity index (χ0) is 12.7. The average Bonchev–Trinajstić information content (AvgIpc) is 2.27. The molecule has 0 spiro atoms. The number of hydrogen-bond donors (Lipinski definition) is 1. The number of thioether (sulfide) groups is 1. The van der Waals surface area contributed by atoms with Crippen molar-refractivity contribution >= 4 is 11.8 Å². The quantitative estimate of drug-likeness (QED) is 0.802.